The molecule has 2 unspecified atom stereocenters. The van der Waals surface area contributed by atoms with E-state index in [-0.39, 0.29) is 18.6 Å². The number of hydrogen-bond acceptors (Lipinski definition) is 2. The highest BCUT2D eigenvalue weighted by atomic mass is 16.5. The van der Waals surface area contributed by atoms with Gasteiger partial charge >= 0.3 is 0 Å². The summed E-state index contributed by atoms with van der Waals surface area (Å²) >= 11 is 0. The summed E-state index contributed by atoms with van der Waals surface area (Å²) in [6, 6.07) is 55.3. The van der Waals surface area contributed by atoms with Crippen LogP contribution >= 0.6 is 0 Å². The van der Waals surface area contributed by atoms with Crippen molar-refractivity contribution in [2.75, 3.05) is 0 Å². The highest BCUT2D eigenvalue weighted by Gasteiger charge is 2.49. The zero-order valence-electron chi connectivity index (χ0n) is 32.6. The van der Waals surface area contributed by atoms with Gasteiger partial charge in [-0.05, 0) is 129 Å². The Labute approximate surface area is 339 Å². The highest BCUT2D eigenvalue weighted by molar-refractivity contribution is 6.83. The van der Waals surface area contributed by atoms with Gasteiger partial charge in [-0.3, -0.25) is 0 Å². The van der Waals surface area contributed by atoms with Gasteiger partial charge in [0.15, 0.2) is 0 Å². The number of ether oxygens (including phenoxy) is 2. The second kappa shape index (κ2) is 12.9. The Morgan fingerprint density at radius 1 is 0.638 bits per heavy atom. The quantitative estimate of drug-likeness (QED) is 0.168. The van der Waals surface area contributed by atoms with E-state index in [0.29, 0.717) is 0 Å². The molecule has 276 valence electrons. The number of aryl methyl sites for hydroxylation is 2. The molecule has 4 aliphatic rings. The molecule has 0 fully saturated rings. The Hall–Kier alpha value is -6.78. The summed E-state index contributed by atoms with van der Waals surface area (Å²) in [5.74, 6) is 3.19. The molecule has 0 saturated carbocycles. The molecule has 0 bridgehead atoms. The van der Waals surface area contributed by atoms with Gasteiger partial charge < -0.3 is 14.0 Å². The molecule has 7 aromatic carbocycles. The van der Waals surface area contributed by atoms with Crippen molar-refractivity contribution < 1.29 is 9.47 Å². The van der Waals surface area contributed by atoms with E-state index in [1.807, 2.05) is 0 Å². The molecule has 3 nitrogen and oxygen atoms in total. The third-order valence-corrected chi connectivity index (χ3v) is 13.2. The summed E-state index contributed by atoms with van der Waals surface area (Å²) < 4.78 is 16.6. The molecule has 4 heteroatoms. The lowest BCUT2D eigenvalue weighted by Gasteiger charge is -2.44. The van der Waals surface area contributed by atoms with Crippen molar-refractivity contribution >= 4 is 55.9 Å². The standard InChI is InChI=1S/C54H40BNO2/c1-33-11-3-6-14-41(33)37-21-26-45-49(29-37)57-51-31-39(32-52-54(51)55(45)46-27-22-38(30-50(46)58-52)42-15-7-4-12-34(42)2)35-19-24-40(25-20-35)56-47-18-10-9-17-44(47)53-43-16-8-5-13-36(43)23-28-48(53)56/h3-26,28-30,32,46,51H,27,31H2,1-2H3. The van der Waals surface area contributed by atoms with Gasteiger partial charge in [-0.2, -0.15) is 0 Å². The number of fused-ring (bicyclic) bond motifs is 9. The van der Waals surface area contributed by atoms with E-state index in [0.717, 1.165) is 35.8 Å². The van der Waals surface area contributed by atoms with E-state index in [4.69, 9.17) is 9.47 Å². The minimum atomic E-state index is -0.117. The minimum Gasteiger partial charge on any atom is -0.487 e. The molecular formula is C54H40BNO2. The number of rotatable bonds is 4. The van der Waals surface area contributed by atoms with Crippen molar-refractivity contribution in [1.29, 1.82) is 0 Å². The fourth-order valence-corrected chi connectivity index (χ4v) is 10.4. The summed E-state index contributed by atoms with van der Waals surface area (Å²) in [5, 5.41) is 5.11. The smallest absolute Gasteiger partial charge is 0.229 e. The van der Waals surface area contributed by atoms with Crippen molar-refractivity contribution in [3.8, 4) is 22.6 Å². The monoisotopic (exact) mass is 745 g/mol. The number of aromatic nitrogens is 1. The first-order valence-corrected chi connectivity index (χ1v) is 20.6. The number of allylic oxidation sites excluding steroid dienone is 5. The summed E-state index contributed by atoms with van der Waals surface area (Å²) in [6.07, 6.45) is 8.61. The van der Waals surface area contributed by atoms with Crippen LogP contribution in [0.25, 0.3) is 60.5 Å². The molecule has 1 aromatic heterocycles. The fraction of sp³-hybridized carbons (Fsp3) is 0.111. The molecule has 0 spiro atoms. The summed E-state index contributed by atoms with van der Waals surface area (Å²) in [5.41, 5.74) is 16.0. The molecule has 0 N–H and O–H groups in total. The first kappa shape index (κ1) is 33.4. The number of nitrogens with zero attached hydrogens (tertiary/aromatic N) is 1. The van der Waals surface area contributed by atoms with Crippen LogP contribution in [0.3, 0.4) is 0 Å². The Balaban J connectivity index is 0.967. The van der Waals surface area contributed by atoms with E-state index in [2.05, 4.69) is 188 Å². The van der Waals surface area contributed by atoms with Gasteiger partial charge in [0.25, 0.3) is 0 Å². The van der Waals surface area contributed by atoms with Gasteiger partial charge in [-0.1, -0.05) is 127 Å². The van der Waals surface area contributed by atoms with Gasteiger partial charge in [0, 0.05) is 28.7 Å². The molecule has 0 radical (unpaired) electrons. The normalized spacial score (nSPS) is 18.2. The predicted molar refractivity (Wildman–Crippen MR) is 241 cm³/mol. The van der Waals surface area contributed by atoms with Gasteiger partial charge in [0.2, 0.25) is 6.71 Å². The Morgan fingerprint density at radius 3 is 2.19 bits per heavy atom. The van der Waals surface area contributed by atoms with Crippen LogP contribution in [-0.4, -0.2) is 17.4 Å². The maximum atomic E-state index is 7.11. The number of hydrogen-bond donors (Lipinski definition) is 0. The molecule has 0 amide bonds. The van der Waals surface area contributed by atoms with Crippen LogP contribution in [0, 0.1) is 13.8 Å². The van der Waals surface area contributed by atoms with E-state index < -0.39 is 0 Å². The SMILES string of the molecule is Cc1ccccc1C1=CCC2B3C4=C(C=C(c5ccc(-n6c7ccccc7c7c8ccccc8ccc76)cc5)CC4Oc4cc(-c5ccccc5C)ccc43)OC2=C1. The molecule has 2 aliphatic heterocycles. The van der Waals surface area contributed by atoms with E-state index in [1.165, 1.54) is 88.0 Å². The molecule has 2 atom stereocenters. The van der Waals surface area contributed by atoms with Gasteiger partial charge in [0.1, 0.15) is 23.4 Å². The van der Waals surface area contributed by atoms with Crippen molar-refractivity contribution in [2.24, 2.45) is 0 Å². The van der Waals surface area contributed by atoms with Crippen LogP contribution in [0.1, 0.15) is 35.1 Å². The van der Waals surface area contributed by atoms with Crippen LogP contribution in [0.15, 0.2) is 187 Å². The zero-order chi connectivity index (χ0) is 38.5. The number of benzene rings is 7. The average Bonchev–Trinajstić information content (AvgIpc) is 3.61. The second-order valence-corrected chi connectivity index (χ2v) is 16.4. The Bertz CT molecular complexity index is 3160. The molecule has 0 saturated heterocycles. The lowest BCUT2D eigenvalue weighted by molar-refractivity contribution is 0.220. The van der Waals surface area contributed by atoms with Crippen molar-refractivity contribution in [3.63, 3.8) is 0 Å². The van der Waals surface area contributed by atoms with Crippen LogP contribution in [0.4, 0.5) is 0 Å². The van der Waals surface area contributed by atoms with Crippen molar-refractivity contribution in [3.05, 3.63) is 209 Å². The Morgan fingerprint density at radius 2 is 1.36 bits per heavy atom. The first-order valence-electron chi connectivity index (χ1n) is 20.6. The largest absolute Gasteiger partial charge is 0.487 e. The van der Waals surface area contributed by atoms with Crippen molar-refractivity contribution in [2.45, 2.75) is 38.6 Å². The van der Waals surface area contributed by atoms with E-state index in [9.17, 15) is 0 Å². The van der Waals surface area contributed by atoms with Crippen molar-refractivity contribution in [1.82, 2.24) is 4.57 Å². The lowest BCUT2D eigenvalue weighted by atomic mass is 9.29. The van der Waals surface area contributed by atoms with E-state index >= 15 is 0 Å². The van der Waals surface area contributed by atoms with Crippen LogP contribution in [0.5, 0.6) is 5.75 Å². The predicted octanol–water partition coefficient (Wildman–Crippen LogP) is 12.7. The molecule has 2 aliphatic carbocycles. The average molecular weight is 746 g/mol. The third kappa shape index (κ3) is 5.07. The molecule has 8 aromatic rings. The summed E-state index contributed by atoms with van der Waals surface area (Å²) in [6.45, 7) is 4.56. The van der Waals surface area contributed by atoms with Gasteiger partial charge in [-0.25, -0.2) is 0 Å². The summed E-state index contributed by atoms with van der Waals surface area (Å²) in [7, 11) is 0. The van der Waals surface area contributed by atoms with E-state index in [1.54, 1.807) is 0 Å². The number of para-hydroxylation sites is 1. The first-order chi connectivity index (χ1) is 28.6. The topological polar surface area (TPSA) is 23.4 Å². The zero-order valence-corrected chi connectivity index (χ0v) is 32.6. The molecule has 58 heavy (non-hydrogen) atoms. The maximum Gasteiger partial charge on any atom is 0.229 e. The lowest BCUT2D eigenvalue weighted by Crippen LogP contribution is -2.52. The van der Waals surface area contributed by atoms with Crippen LogP contribution in [0.2, 0.25) is 5.82 Å². The highest BCUT2D eigenvalue weighted by Crippen LogP contribution is 2.50. The van der Waals surface area contributed by atoms with Gasteiger partial charge in [-0.15, -0.1) is 0 Å². The van der Waals surface area contributed by atoms with Gasteiger partial charge in [0.05, 0.1) is 11.0 Å². The second-order valence-electron chi connectivity index (χ2n) is 16.4. The fourth-order valence-electron chi connectivity index (χ4n) is 10.4. The maximum absolute atomic E-state index is 7.11. The van der Waals surface area contributed by atoms with Crippen LogP contribution in [-0.2, 0) is 4.74 Å². The minimum absolute atomic E-state index is 0.117. The van der Waals surface area contributed by atoms with Crippen LogP contribution < -0.4 is 10.2 Å². The molecule has 12 rings (SSSR count). The third-order valence-electron chi connectivity index (χ3n) is 13.2. The summed E-state index contributed by atoms with van der Waals surface area (Å²) in [4.78, 5) is 0. The molecule has 3 heterocycles. The Kier molecular flexibility index (Phi) is 7.41. The molecular weight excluding hydrogens is 705 g/mol.